The topological polar surface area (TPSA) is 55.1 Å². The van der Waals surface area contributed by atoms with Crippen molar-refractivity contribution in [2.45, 2.75) is 20.3 Å². The third-order valence-corrected chi connectivity index (χ3v) is 3.70. The van der Waals surface area contributed by atoms with Gasteiger partial charge in [-0.3, -0.25) is 4.79 Å². The zero-order chi connectivity index (χ0) is 16.4. The van der Waals surface area contributed by atoms with Crippen LogP contribution in [0.5, 0.6) is 0 Å². The molecular formula is C18H17ClN2O2. The van der Waals surface area contributed by atoms with Crippen LogP contribution in [0.15, 0.2) is 46.9 Å². The Balaban J connectivity index is 1.80. The Morgan fingerprint density at radius 1 is 1.26 bits per heavy atom. The first-order valence-corrected chi connectivity index (χ1v) is 7.84. The average Bonchev–Trinajstić information content (AvgIpc) is 2.88. The predicted molar refractivity (Wildman–Crippen MR) is 91.7 cm³/mol. The van der Waals surface area contributed by atoms with Crippen molar-refractivity contribution in [2.24, 2.45) is 5.92 Å². The van der Waals surface area contributed by atoms with Gasteiger partial charge in [-0.15, -0.1) is 0 Å². The molecule has 0 saturated carbocycles. The maximum Gasteiger partial charge on any atom is 0.226 e. The second-order valence-corrected chi connectivity index (χ2v) is 6.18. The maximum absolute atomic E-state index is 11.8. The number of hydrogen-bond acceptors (Lipinski definition) is 3. The van der Waals surface area contributed by atoms with E-state index in [-0.39, 0.29) is 11.8 Å². The number of aromatic nitrogens is 1. The van der Waals surface area contributed by atoms with Crippen LogP contribution >= 0.6 is 11.6 Å². The molecule has 0 atom stereocenters. The largest absolute Gasteiger partial charge is 0.440 e. The molecule has 0 aliphatic rings. The van der Waals surface area contributed by atoms with Crippen LogP contribution in [-0.2, 0) is 11.2 Å². The van der Waals surface area contributed by atoms with Gasteiger partial charge in [-0.25, -0.2) is 4.98 Å². The van der Waals surface area contributed by atoms with Crippen molar-refractivity contribution in [2.75, 3.05) is 5.32 Å². The highest BCUT2D eigenvalue weighted by molar-refractivity contribution is 6.31. The van der Waals surface area contributed by atoms with Crippen molar-refractivity contribution in [1.82, 2.24) is 4.98 Å². The van der Waals surface area contributed by atoms with E-state index < -0.39 is 0 Å². The monoisotopic (exact) mass is 328 g/mol. The minimum absolute atomic E-state index is 0.00125. The molecule has 0 spiro atoms. The molecule has 1 heterocycles. The third kappa shape index (κ3) is 3.71. The molecule has 1 aromatic heterocycles. The van der Waals surface area contributed by atoms with Crippen LogP contribution in [0.25, 0.3) is 11.1 Å². The molecule has 0 saturated heterocycles. The van der Waals surface area contributed by atoms with E-state index >= 15 is 0 Å². The Labute approximate surface area is 139 Å². The van der Waals surface area contributed by atoms with Crippen LogP contribution in [0.4, 0.5) is 5.69 Å². The molecule has 2 aromatic carbocycles. The number of nitrogens with zero attached hydrogens (tertiary/aromatic N) is 1. The smallest absolute Gasteiger partial charge is 0.226 e. The molecule has 0 aliphatic carbocycles. The number of rotatable bonds is 4. The van der Waals surface area contributed by atoms with E-state index in [1.165, 1.54) is 0 Å². The van der Waals surface area contributed by atoms with Gasteiger partial charge < -0.3 is 9.73 Å². The van der Waals surface area contributed by atoms with Gasteiger partial charge in [0.1, 0.15) is 5.52 Å². The fraction of sp³-hybridized carbons (Fsp3) is 0.222. The van der Waals surface area contributed by atoms with Gasteiger partial charge in [-0.05, 0) is 35.9 Å². The van der Waals surface area contributed by atoms with E-state index in [0.29, 0.717) is 22.9 Å². The summed E-state index contributed by atoms with van der Waals surface area (Å²) in [6.07, 6.45) is 0.553. The lowest BCUT2D eigenvalue weighted by molar-refractivity contribution is -0.118. The zero-order valence-corrected chi connectivity index (χ0v) is 13.7. The molecule has 1 amide bonds. The Hall–Kier alpha value is -2.33. The van der Waals surface area contributed by atoms with Crippen LogP contribution in [0.2, 0.25) is 5.02 Å². The minimum atomic E-state index is -0.0551. The first-order chi connectivity index (χ1) is 11.0. The summed E-state index contributed by atoms with van der Waals surface area (Å²) in [6.45, 7) is 3.73. The highest BCUT2D eigenvalue weighted by Gasteiger charge is 2.10. The van der Waals surface area contributed by atoms with Gasteiger partial charge >= 0.3 is 0 Å². The number of hydrogen-bond donors (Lipinski definition) is 1. The molecule has 0 bridgehead atoms. The quantitative estimate of drug-likeness (QED) is 0.757. The van der Waals surface area contributed by atoms with Crippen LogP contribution in [0, 0.1) is 5.92 Å². The van der Waals surface area contributed by atoms with Crippen LogP contribution in [0.1, 0.15) is 25.3 Å². The second kappa shape index (κ2) is 6.42. The lowest BCUT2D eigenvalue weighted by Gasteiger charge is -2.08. The molecule has 4 nitrogen and oxygen atoms in total. The predicted octanol–water partition coefficient (Wildman–Crippen LogP) is 4.67. The number of amides is 1. The number of oxazole rings is 1. The molecule has 3 rings (SSSR count). The normalized spacial score (nSPS) is 11.1. The summed E-state index contributed by atoms with van der Waals surface area (Å²) in [5.41, 5.74) is 3.26. The van der Waals surface area contributed by atoms with Gasteiger partial charge in [-0.1, -0.05) is 37.6 Å². The lowest BCUT2D eigenvalue weighted by atomic mass is 10.1. The number of halogens is 1. The van der Waals surface area contributed by atoms with Crippen molar-refractivity contribution in [3.05, 3.63) is 58.9 Å². The Morgan fingerprint density at radius 2 is 2.09 bits per heavy atom. The van der Waals surface area contributed by atoms with Crippen molar-refractivity contribution in [3.63, 3.8) is 0 Å². The SMILES string of the molecule is CC(C)C(=O)Nc1cccc(Cc2nc3cc(Cl)ccc3o2)c1. The standard InChI is InChI=1S/C18H17ClN2O2/c1-11(2)18(22)20-14-5-3-4-12(8-14)9-17-21-15-10-13(19)6-7-16(15)23-17/h3-8,10-11H,9H2,1-2H3,(H,20,22). The summed E-state index contributed by atoms with van der Waals surface area (Å²) >= 11 is 5.96. The van der Waals surface area contributed by atoms with Gasteiger partial charge in [0, 0.05) is 23.0 Å². The Kier molecular flexibility index (Phi) is 4.35. The zero-order valence-electron chi connectivity index (χ0n) is 13.0. The van der Waals surface area contributed by atoms with Crippen molar-refractivity contribution in [3.8, 4) is 0 Å². The molecule has 0 radical (unpaired) electrons. The molecule has 5 heteroatoms. The summed E-state index contributed by atoms with van der Waals surface area (Å²) in [6, 6.07) is 13.1. The molecule has 0 unspecified atom stereocenters. The summed E-state index contributed by atoms with van der Waals surface area (Å²) in [4.78, 5) is 16.2. The molecule has 1 N–H and O–H groups in total. The fourth-order valence-electron chi connectivity index (χ4n) is 2.24. The number of anilines is 1. The number of carbonyl (C=O) groups is 1. The van der Waals surface area contributed by atoms with Gasteiger partial charge in [-0.2, -0.15) is 0 Å². The molecule has 118 valence electrons. The number of fused-ring (bicyclic) bond motifs is 1. The molecule has 3 aromatic rings. The van der Waals surface area contributed by atoms with E-state index in [0.717, 1.165) is 16.8 Å². The van der Waals surface area contributed by atoms with Crippen LogP contribution in [-0.4, -0.2) is 10.9 Å². The van der Waals surface area contributed by atoms with E-state index in [2.05, 4.69) is 10.3 Å². The van der Waals surface area contributed by atoms with Crippen molar-refractivity contribution >= 4 is 34.3 Å². The molecular weight excluding hydrogens is 312 g/mol. The summed E-state index contributed by atoms with van der Waals surface area (Å²) in [5, 5.41) is 3.53. The molecule has 0 fully saturated rings. The van der Waals surface area contributed by atoms with Crippen molar-refractivity contribution < 1.29 is 9.21 Å². The molecule has 23 heavy (non-hydrogen) atoms. The average molecular weight is 329 g/mol. The Bertz CT molecular complexity index is 855. The Morgan fingerprint density at radius 3 is 2.87 bits per heavy atom. The number of nitrogens with one attached hydrogen (secondary N) is 1. The summed E-state index contributed by atoms with van der Waals surface area (Å²) in [5.74, 6) is 0.564. The van der Waals surface area contributed by atoms with Crippen molar-refractivity contribution in [1.29, 1.82) is 0 Å². The van der Waals surface area contributed by atoms with Gasteiger partial charge in [0.25, 0.3) is 0 Å². The van der Waals surface area contributed by atoms with E-state index in [1.807, 2.05) is 44.2 Å². The summed E-state index contributed by atoms with van der Waals surface area (Å²) < 4.78 is 5.73. The van der Waals surface area contributed by atoms with E-state index in [4.69, 9.17) is 16.0 Å². The number of benzene rings is 2. The highest BCUT2D eigenvalue weighted by atomic mass is 35.5. The van der Waals surface area contributed by atoms with Gasteiger partial charge in [0.05, 0.1) is 0 Å². The van der Waals surface area contributed by atoms with Crippen LogP contribution in [0.3, 0.4) is 0 Å². The number of carbonyl (C=O) groups excluding carboxylic acids is 1. The van der Waals surface area contributed by atoms with E-state index in [1.54, 1.807) is 12.1 Å². The van der Waals surface area contributed by atoms with Crippen LogP contribution < -0.4 is 5.32 Å². The van der Waals surface area contributed by atoms with Gasteiger partial charge in [0.2, 0.25) is 5.91 Å². The van der Waals surface area contributed by atoms with Gasteiger partial charge in [0.15, 0.2) is 11.5 Å². The third-order valence-electron chi connectivity index (χ3n) is 3.47. The molecule has 0 aliphatic heterocycles. The van der Waals surface area contributed by atoms with E-state index in [9.17, 15) is 4.79 Å². The summed E-state index contributed by atoms with van der Waals surface area (Å²) in [7, 11) is 0. The second-order valence-electron chi connectivity index (χ2n) is 5.74. The lowest BCUT2D eigenvalue weighted by Crippen LogP contribution is -2.17. The first kappa shape index (κ1) is 15.6. The maximum atomic E-state index is 11.8. The highest BCUT2D eigenvalue weighted by Crippen LogP contribution is 2.22. The first-order valence-electron chi connectivity index (χ1n) is 7.46. The fourth-order valence-corrected chi connectivity index (χ4v) is 2.41. The minimum Gasteiger partial charge on any atom is -0.440 e.